The SMILES string of the molecule is CCCNCc1ccc(COCC(C)CCC)c(Br)c1. The fraction of sp³-hybridized carbons (Fsp3) is 0.647. The molecule has 0 saturated heterocycles. The number of benzene rings is 1. The minimum absolute atomic E-state index is 0.649. The molecule has 1 atom stereocenters. The van der Waals surface area contributed by atoms with E-state index in [1.165, 1.54) is 30.4 Å². The third-order valence-corrected chi connectivity index (χ3v) is 4.05. The van der Waals surface area contributed by atoms with Gasteiger partial charge in [-0.1, -0.05) is 55.3 Å². The van der Waals surface area contributed by atoms with Crippen LogP contribution < -0.4 is 5.32 Å². The van der Waals surface area contributed by atoms with E-state index in [1.807, 2.05) is 0 Å². The van der Waals surface area contributed by atoms with Crippen LogP contribution in [-0.4, -0.2) is 13.2 Å². The molecule has 2 nitrogen and oxygen atoms in total. The summed E-state index contributed by atoms with van der Waals surface area (Å²) in [6.45, 7) is 10.2. The zero-order valence-electron chi connectivity index (χ0n) is 13.0. The average Bonchev–Trinajstić information content (AvgIpc) is 2.42. The highest BCUT2D eigenvalue weighted by atomic mass is 79.9. The van der Waals surface area contributed by atoms with Crippen molar-refractivity contribution in [3.8, 4) is 0 Å². The van der Waals surface area contributed by atoms with Crippen molar-refractivity contribution in [1.29, 1.82) is 0 Å². The van der Waals surface area contributed by atoms with Gasteiger partial charge in [-0.15, -0.1) is 0 Å². The van der Waals surface area contributed by atoms with Gasteiger partial charge in [-0.05, 0) is 42.5 Å². The lowest BCUT2D eigenvalue weighted by Gasteiger charge is -2.12. The van der Waals surface area contributed by atoms with Crippen molar-refractivity contribution in [2.75, 3.05) is 13.2 Å². The molecule has 1 aromatic rings. The maximum absolute atomic E-state index is 5.81. The van der Waals surface area contributed by atoms with Crippen LogP contribution in [0, 0.1) is 5.92 Å². The van der Waals surface area contributed by atoms with Crippen LogP contribution in [0.5, 0.6) is 0 Å². The summed E-state index contributed by atoms with van der Waals surface area (Å²) in [5, 5.41) is 3.42. The Labute approximate surface area is 132 Å². The lowest BCUT2D eigenvalue weighted by Crippen LogP contribution is -2.13. The van der Waals surface area contributed by atoms with Gasteiger partial charge in [0.2, 0.25) is 0 Å². The minimum Gasteiger partial charge on any atom is -0.376 e. The molecule has 1 aromatic carbocycles. The van der Waals surface area contributed by atoms with Gasteiger partial charge >= 0.3 is 0 Å². The average molecular weight is 342 g/mol. The molecule has 0 fully saturated rings. The molecule has 0 aliphatic carbocycles. The monoisotopic (exact) mass is 341 g/mol. The van der Waals surface area contributed by atoms with Gasteiger partial charge in [0.25, 0.3) is 0 Å². The number of hydrogen-bond acceptors (Lipinski definition) is 2. The lowest BCUT2D eigenvalue weighted by atomic mass is 10.1. The van der Waals surface area contributed by atoms with E-state index in [1.54, 1.807) is 0 Å². The maximum atomic E-state index is 5.81. The molecule has 0 saturated carbocycles. The highest BCUT2D eigenvalue weighted by molar-refractivity contribution is 9.10. The molecule has 1 unspecified atom stereocenters. The molecule has 0 aliphatic heterocycles. The van der Waals surface area contributed by atoms with Crippen molar-refractivity contribution in [2.24, 2.45) is 5.92 Å². The molecule has 0 aromatic heterocycles. The first-order chi connectivity index (χ1) is 9.67. The minimum atomic E-state index is 0.649. The van der Waals surface area contributed by atoms with E-state index in [9.17, 15) is 0 Å². The van der Waals surface area contributed by atoms with Crippen molar-refractivity contribution < 1.29 is 4.74 Å². The van der Waals surface area contributed by atoms with Gasteiger partial charge in [0.05, 0.1) is 6.61 Å². The summed E-state index contributed by atoms with van der Waals surface area (Å²) < 4.78 is 6.96. The van der Waals surface area contributed by atoms with Crippen molar-refractivity contribution in [2.45, 2.75) is 53.2 Å². The second-order valence-electron chi connectivity index (χ2n) is 5.51. The summed E-state index contributed by atoms with van der Waals surface area (Å²) in [6, 6.07) is 6.54. The van der Waals surface area contributed by atoms with E-state index in [2.05, 4.69) is 60.2 Å². The van der Waals surface area contributed by atoms with Gasteiger partial charge in [-0.2, -0.15) is 0 Å². The second-order valence-corrected chi connectivity index (χ2v) is 6.37. The number of rotatable bonds is 10. The molecule has 0 radical (unpaired) electrons. The Kier molecular flexibility index (Phi) is 9.16. The van der Waals surface area contributed by atoms with Gasteiger partial charge in [0, 0.05) is 17.6 Å². The molecule has 0 bridgehead atoms. The number of hydrogen-bond donors (Lipinski definition) is 1. The Bertz CT molecular complexity index is 381. The topological polar surface area (TPSA) is 21.3 Å². The molecule has 3 heteroatoms. The van der Waals surface area contributed by atoms with Crippen LogP contribution in [0.15, 0.2) is 22.7 Å². The summed E-state index contributed by atoms with van der Waals surface area (Å²) in [5.41, 5.74) is 2.54. The van der Waals surface area contributed by atoms with Crippen LogP contribution >= 0.6 is 15.9 Å². The van der Waals surface area contributed by atoms with Gasteiger partial charge in [-0.3, -0.25) is 0 Å². The zero-order valence-corrected chi connectivity index (χ0v) is 14.6. The first kappa shape index (κ1) is 17.7. The Hall–Kier alpha value is -0.380. The van der Waals surface area contributed by atoms with Gasteiger partial charge in [0.15, 0.2) is 0 Å². The number of halogens is 1. The largest absolute Gasteiger partial charge is 0.376 e. The summed E-state index contributed by atoms with van der Waals surface area (Å²) in [5.74, 6) is 0.649. The first-order valence-electron chi connectivity index (χ1n) is 7.73. The predicted octanol–water partition coefficient (Wildman–Crippen LogP) is 4.90. The van der Waals surface area contributed by atoms with E-state index >= 15 is 0 Å². The first-order valence-corrected chi connectivity index (χ1v) is 8.52. The van der Waals surface area contributed by atoms with Crippen molar-refractivity contribution in [3.05, 3.63) is 33.8 Å². The molecule has 1 N–H and O–H groups in total. The van der Waals surface area contributed by atoms with E-state index in [0.717, 1.165) is 24.2 Å². The molecule has 1 rings (SSSR count). The molecule has 114 valence electrons. The quantitative estimate of drug-likeness (QED) is 0.611. The second kappa shape index (κ2) is 10.4. The molecule has 20 heavy (non-hydrogen) atoms. The fourth-order valence-electron chi connectivity index (χ4n) is 2.17. The smallest absolute Gasteiger partial charge is 0.0727 e. The Balaban J connectivity index is 2.39. The van der Waals surface area contributed by atoms with Gasteiger partial charge in [0.1, 0.15) is 0 Å². The summed E-state index contributed by atoms with van der Waals surface area (Å²) in [7, 11) is 0. The highest BCUT2D eigenvalue weighted by Gasteiger charge is 2.04. The van der Waals surface area contributed by atoms with E-state index in [4.69, 9.17) is 4.74 Å². The third kappa shape index (κ3) is 6.87. The van der Waals surface area contributed by atoms with Gasteiger partial charge < -0.3 is 10.1 Å². The van der Waals surface area contributed by atoms with Crippen LogP contribution in [0.25, 0.3) is 0 Å². The normalized spacial score (nSPS) is 12.6. The molecule has 0 amide bonds. The van der Waals surface area contributed by atoms with Gasteiger partial charge in [-0.25, -0.2) is 0 Å². The van der Waals surface area contributed by atoms with Crippen molar-refractivity contribution in [3.63, 3.8) is 0 Å². The Morgan fingerprint density at radius 3 is 2.70 bits per heavy atom. The molecular formula is C17H28BrNO. The Morgan fingerprint density at radius 1 is 1.25 bits per heavy atom. The van der Waals surface area contributed by atoms with E-state index < -0.39 is 0 Å². The van der Waals surface area contributed by atoms with Crippen LogP contribution in [0.2, 0.25) is 0 Å². The standard InChI is InChI=1S/C17H28BrNO/c1-4-6-14(3)12-20-13-16-8-7-15(10-17(16)18)11-19-9-5-2/h7-8,10,14,19H,4-6,9,11-13H2,1-3H3. The fourth-order valence-corrected chi connectivity index (χ4v) is 2.71. The number of ether oxygens (including phenoxy) is 1. The lowest BCUT2D eigenvalue weighted by molar-refractivity contribution is 0.0890. The predicted molar refractivity (Wildman–Crippen MR) is 89.9 cm³/mol. The molecule has 0 heterocycles. The number of nitrogens with one attached hydrogen (secondary N) is 1. The molecule has 0 spiro atoms. The van der Waals surface area contributed by atoms with Crippen molar-refractivity contribution >= 4 is 15.9 Å². The zero-order chi connectivity index (χ0) is 14.8. The van der Waals surface area contributed by atoms with E-state index in [0.29, 0.717) is 12.5 Å². The molecular weight excluding hydrogens is 314 g/mol. The van der Waals surface area contributed by atoms with Crippen LogP contribution in [0.3, 0.4) is 0 Å². The third-order valence-electron chi connectivity index (χ3n) is 3.31. The van der Waals surface area contributed by atoms with Crippen LogP contribution in [-0.2, 0) is 17.9 Å². The van der Waals surface area contributed by atoms with Crippen molar-refractivity contribution in [1.82, 2.24) is 5.32 Å². The van der Waals surface area contributed by atoms with Crippen LogP contribution in [0.4, 0.5) is 0 Å². The van der Waals surface area contributed by atoms with E-state index in [-0.39, 0.29) is 0 Å². The molecule has 0 aliphatic rings. The highest BCUT2D eigenvalue weighted by Crippen LogP contribution is 2.20. The summed E-state index contributed by atoms with van der Waals surface area (Å²) in [6.07, 6.45) is 3.64. The Morgan fingerprint density at radius 2 is 2.05 bits per heavy atom. The maximum Gasteiger partial charge on any atom is 0.0727 e. The van der Waals surface area contributed by atoms with Crippen LogP contribution in [0.1, 0.15) is 51.2 Å². The summed E-state index contributed by atoms with van der Waals surface area (Å²) >= 11 is 3.65. The summed E-state index contributed by atoms with van der Waals surface area (Å²) in [4.78, 5) is 0.